The number of para-hydroxylation sites is 1. The van der Waals surface area contributed by atoms with Gasteiger partial charge in [-0.2, -0.15) is 14.0 Å². The molecule has 132 valence electrons. The van der Waals surface area contributed by atoms with Crippen molar-refractivity contribution in [2.75, 3.05) is 13.4 Å². The molecule has 8 heteroatoms. The number of nitriles is 1. The van der Waals surface area contributed by atoms with Gasteiger partial charge in [0.1, 0.15) is 5.75 Å². The van der Waals surface area contributed by atoms with Crippen LogP contribution in [0.15, 0.2) is 46.1 Å². The normalized spacial score (nSPS) is 17.2. The van der Waals surface area contributed by atoms with Gasteiger partial charge in [0.15, 0.2) is 0 Å². The number of carbonyl (C=O) groups excluding carboxylic acids is 1. The van der Waals surface area contributed by atoms with Gasteiger partial charge in [-0.05, 0) is 19.2 Å². The molecule has 1 aromatic rings. The van der Waals surface area contributed by atoms with Crippen LogP contribution in [-0.2, 0) is 9.53 Å². The first-order chi connectivity index (χ1) is 11.9. The van der Waals surface area contributed by atoms with E-state index in [1.54, 1.807) is 31.4 Å². The topological polar surface area (TPSA) is 71.3 Å². The highest BCUT2D eigenvalue weighted by molar-refractivity contribution is 8.02. The van der Waals surface area contributed by atoms with E-state index < -0.39 is 18.5 Å². The molecule has 5 nitrogen and oxygen atoms in total. The van der Waals surface area contributed by atoms with Crippen LogP contribution in [0.3, 0.4) is 0 Å². The van der Waals surface area contributed by atoms with Crippen LogP contribution in [0.4, 0.5) is 8.78 Å². The second-order valence-corrected chi connectivity index (χ2v) is 5.88. The van der Waals surface area contributed by atoms with E-state index in [-0.39, 0.29) is 16.9 Å². The molecule has 0 amide bonds. The lowest BCUT2D eigenvalue weighted by Crippen LogP contribution is -2.28. The predicted octanol–water partition coefficient (Wildman–Crippen LogP) is 3.52. The maximum atomic E-state index is 12.8. The van der Waals surface area contributed by atoms with Gasteiger partial charge in [-0.1, -0.05) is 18.2 Å². The Balaban J connectivity index is 2.71. The molecule has 1 aliphatic rings. The largest absolute Gasteiger partial charge is 0.466 e. The summed E-state index contributed by atoms with van der Waals surface area (Å²) in [6.45, 7) is -1.36. The SMILES string of the molecule is COC(=O)C1=C(C)NC(SC)=C(C#N)C1c1ccccc1OC(F)F. The summed E-state index contributed by atoms with van der Waals surface area (Å²) in [5.41, 5.74) is 1.21. The summed E-state index contributed by atoms with van der Waals surface area (Å²) < 4.78 is 35.0. The van der Waals surface area contributed by atoms with Gasteiger partial charge in [-0.25, -0.2) is 4.79 Å². The van der Waals surface area contributed by atoms with Gasteiger partial charge in [0.05, 0.1) is 35.3 Å². The van der Waals surface area contributed by atoms with E-state index in [0.717, 1.165) is 0 Å². The number of allylic oxidation sites excluding steroid dienone is 2. The number of rotatable bonds is 5. The van der Waals surface area contributed by atoms with Crippen molar-refractivity contribution in [2.24, 2.45) is 0 Å². The molecular weight excluding hydrogens is 350 g/mol. The fourth-order valence-corrected chi connectivity index (χ4v) is 3.33. The molecule has 1 N–H and O–H groups in total. The number of nitrogens with one attached hydrogen (secondary N) is 1. The Morgan fingerprint density at radius 3 is 2.64 bits per heavy atom. The van der Waals surface area contributed by atoms with E-state index in [1.165, 1.54) is 24.9 Å². The van der Waals surface area contributed by atoms with Crippen LogP contribution in [-0.4, -0.2) is 25.9 Å². The minimum Gasteiger partial charge on any atom is -0.466 e. The zero-order chi connectivity index (χ0) is 18.6. The number of esters is 1. The van der Waals surface area contributed by atoms with Gasteiger partial charge in [0.2, 0.25) is 0 Å². The monoisotopic (exact) mass is 366 g/mol. The minimum absolute atomic E-state index is 0.0909. The summed E-state index contributed by atoms with van der Waals surface area (Å²) in [7, 11) is 1.22. The quantitative estimate of drug-likeness (QED) is 0.804. The summed E-state index contributed by atoms with van der Waals surface area (Å²) in [5.74, 6) is -1.60. The highest BCUT2D eigenvalue weighted by atomic mass is 32.2. The molecule has 0 aliphatic carbocycles. The number of nitrogens with zero attached hydrogens (tertiary/aromatic N) is 1. The fraction of sp³-hybridized carbons (Fsp3) is 0.294. The summed E-state index contributed by atoms with van der Waals surface area (Å²) in [5, 5.41) is 13.2. The Kier molecular flexibility index (Phi) is 6.04. The maximum absolute atomic E-state index is 12.8. The lowest BCUT2D eigenvalue weighted by molar-refractivity contribution is -0.136. The van der Waals surface area contributed by atoms with Crippen molar-refractivity contribution in [3.05, 3.63) is 51.7 Å². The summed E-state index contributed by atoms with van der Waals surface area (Å²) in [6, 6.07) is 8.18. The molecule has 1 atom stereocenters. The smallest absolute Gasteiger partial charge is 0.387 e. The number of halogens is 2. The van der Waals surface area contributed by atoms with Crippen molar-refractivity contribution in [1.82, 2.24) is 5.32 Å². The summed E-state index contributed by atoms with van der Waals surface area (Å²) in [4.78, 5) is 12.3. The fourth-order valence-electron chi connectivity index (χ4n) is 2.69. The number of dihydropyridines is 1. The molecule has 0 fully saturated rings. The predicted molar refractivity (Wildman–Crippen MR) is 89.8 cm³/mol. The van der Waals surface area contributed by atoms with Crippen LogP contribution >= 0.6 is 11.8 Å². The molecule has 25 heavy (non-hydrogen) atoms. The molecule has 0 saturated heterocycles. The number of carbonyl (C=O) groups is 1. The number of thioether (sulfide) groups is 1. The van der Waals surface area contributed by atoms with Crippen LogP contribution in [0, 0.1) is 11.3 Å². The standard InChI is InChI=1S/C17H16F2N2O3S/c1-9-13(16(22)23-2)14(11(8-20)15(21-9)25-3)10-6-4-5-7-12(10)24-17(18)19/h4-7,14,17,21H,1-3H3. The molecule has 2 rings (SSSR count). The van der Waals surface area contributed by atoms with Crippen molar-refractivity contribution in [3.63, 3.8) is 0 Å². The van der Waals surface area contributed by atoms with E-state index in [4.69, 9.17) is 4.74 Å². The third-order valence-electron chi connectivity index (χ3n) is 3.70. The lowest BCUT2D eigenvalue weighted by Gasteiger charge is -2.29. The molecule has 1 aliphatic heterocycles. The Bertz CT molecular complexity index is 784. The first-order valence-corrected chi connectivity index (χ1v) is 8.45. The van der Waals surface area contributed by atoms with Crippen molar-refractivity contribution in [2.45, 2.75) is 19.5 Å². The Morgan fingerprint density at radius 1 is 1.40 bits per heavy atom. The average molecular weight is 366 g/mol. The van der Waals surface area contributed by atoms with E-state index in [2.05, 4.69) is 16.1 Å². The molecule has 1 heterocycles. The first-order valence-electron chi connectivity index (χ1n) is 7.22. The van der Waals surface area contributed by atoms with Crippen molar-refractivity contribution in [3.8, 4) is 11.8 Å². The van der Waals surface area contributed by atoms with Gasteiger partial charge in [-0.3, -0.25) is 0 Å². The van der Waals surface area contributed by atoms with E-state index in [9.17, 15) is 18.8 Å². The molecule has 1 aromatic carbocycles. The van der Waals surface area contributed by atoms with Crippen LogP contribution in [0.5, 0.6) is 5.75 Å². The van der Waals surface area contributed by atoms with E-state index in [0.29, 0.717) is 16.3 Å². The molecule has 0 bridgehead atoms. The highest BCUT2D eigenvalue weighted by Gasteiger charge is 2.36. The van der Waals surface area contributed by atoms with Crippen molar-refractivity contribution >= 4 is 17.7 Å². The number of hydrogen-bond acceptors (Lipinski definition) is 6. The second-order valence-electron chi connectivity index (χ2n) is 5.06. The molecule has 0 spiro atoms. The number of hydrogen-bond donors (Lipinski definition) is 1. The third-order valence-corrected chi connectivity index (χ3v) is 4.43. The first kappa shape index (κ1) is 18.8. The Hall–Kier alpha value is -2.53. The van der Waals surface area contributed by atoms with Gasteiger partial charge < -0.3 is 14.8 Å². The van der Waals surface area contributed by atoms with E-state index >= 15 is 0 Å². The number of alkyl halides is 2. The average Bonchev–Trinajstić information content (AvgIpc) is 2.60. The Morgan fingerprint density at radius 2 is 2.08 bits per heavy atom. The maximum Gasteiger partial charge on any atom is 0.387 e. The van der Waals surface area contributed by atoms with Crippen LogP contribution in [0.25, 0.3) is 0 Å². The number of benzene rings is 1. The minimum atomic E-state index is -3.02. The summed E-state index contributed by atoms with van der Waals surface area (Å²) in [6.07, 6.45) is 1.77. The van der Waals surface area contributed by atoms with Crippen LogP contribution < -0.4 is 10.1 Å². The number of methoxy groups -OCH3 is 1. The van der Waals surface area contributed by atoms with Gasteiger partial charge >= 0.3 is 12.6 Å². The number of ether oxygens (including phenoxy) is 2. The zero-order valence-corrected chi connectivity index (χ0v) is 14.6. The molecule has 1 unspecified atom stereocenters. The second kappa shape index (κ2) is 8.03. The van der Waals surface area contributed by atoms with Crippen molar-refractivity contribution < 1.29 is 23.0 Å². The Labute approximate surface area is 148 Å². The molecule has 0 aromatic heterocycles. The lowest BCUT2D eigenvalue weighted by atomic mass is 9.82. The van der Waals surface area contributed by atoms with Gasteiger partial charge in [0.25, 0.3) is 0 Å². The van der Waals surface area contributed by atoms with Gasteiger partial charge in [-0.15, -0.1) is 11.8 Å². The van der Waals surface area contributed by atoms with Gasteiger partial charge in [0, 0.05) is 11.3 Å². The molecule has 0 saturated carbocycles. The summed E-state index contributed by atoms with van der Waals surface area (Å²) >= 11 is 1.29. The van der Waals surface area contributed by atoms with Crippen LogP contribution in [0.1, 0.15) is 18.4 Å². The van der Waals surface area contributed by atoms with Crippen LogP contribution in [0.2, 0.25) is 0 Å². The molecule has 0 radical (unpaired) electrons. The highest BCUT2D eigenvalue weighted by Crippen LogP contribution is 2.43. The molecular formula is C17H16F2N2O3S. The van der Waals surface area contributed by atoms with Crippen molar-refractivity contribution in [1.29, 1.82) is 5.26 Å². The van der Waals surface area contributed by atoms with E-state index in [1.807, 2.05) is 0 Å². The zero-order valence-electron chi connectivity index (χ0n) is 13.8. The third kappa shape index (κ3) is 3.77.